The van der Waals surface area contributed by atoms with Crippen LogP contribution < -0.4 is 0 Å². The molecule has 4 nitrogen and oxygen atoms in total. The second-order valence-electron chi connectivity index (χ2n) is 5.54. The molecule has 0 spiro atoms. The number of aliphatic hydroxyl groups excluding tert-OH is 1. The number of benzene rings is 1. The summed E-state index contributed by atoms with van der Waals surface area (Å²) in [5, 5.41) is 10.3. The van der Waals surface area contributed by atoms with Crippen LogP contribution in [0.5, 0.6) is 0 Å². The molecule has 21 heavy (non-hydrogen) atoms. The Labute approximate surface area is 124 Å². The molecule has 1 fully saturated rings. The lowest BCUT2D eigenvalue weighted by Gasteiger charge is -2.30. The predicted octanol–water partition coefficient (Wildman–Crippen LogP) is 2.28. The number of hydrogen-bond donors (Lipinski definition) is 1. The van der Waals surface area contributed by atoms with Gasteiger partial charge in [-0.25, -0.2) is 4.39 Å². The highest BCUT2D eigenvalue weighted by Gasteiger charge is 2.33. The van der Waals surface area contributed by atoms with Crippen LogP contribution in [0, 0.1) is 5.82 Å². The third kappa shape index (κ3) is 3.80. The number of esters is 1. The Hall–Kier alpha value is -1.46. The lowest BCUT2D eigenvalue weighted by atomic mass is 10.00. The van der Waals surface area contributed by atoms with Crippen LogP contribution in [0.25, 0.3) is 0 Å². The quantitative estimate of drug-likeness (QED) is 0.847. The van der Waals surface area contributed by atoms with Crippen molar-refractivity contribution in [1.29, 1.82) is 0 Å². The molecule has 0 aliphatic carbocycles. The zero-order valence-electron chi connectivity index (χ0n) is 12.5. The summed E-state index contributed by atoms with van der Waals surface area (Å²) in [6.07, 6.45) is 1.83. The minimum Gasteiger partial charge on any atom is -0.468 e. The number of hydrogen-bond acceptors (Lipinski definition) is 4. The minimum absolute atomic E-state index is 0.138. The highest BCUT2D eigenvalue weighted by molar-refractivity contribution is 5.75. The smallest absolute Gasteiger partial charge is 0.322 e. The van der Waals surface area contributed by atoms with Gasteiger partial charge in [0.2, 0.25) is 0 Å². The Kier molecular flexibility index (Phi) is 5.31. The largest absolute Gasteiger partial charge is 0.468 e. The molecule has 0 bridgehead atoms. The molecule has 0 unspecified atom stereocenters. The molecular formula is C16H22FNO3. The molecule has 1 aromatic carbocycles. The van der Waals surface area contributed by atoms with E-state index in [1.165, 1.54) is 19.2 Å². The lowest BCUT2D eigenvalue weighted by molar-refractivity contribution is -0.146. The second kappa shape index (κ2) is 7.00. The van der Waals surface area contributed by atoms with Crippen molar-refractivity contribution in [1.82, 2.24) is 4.90 Å². The van der Waals surface area contributed by atoms with Crippen molar-refractivity contribution in [2.24, 2.45) is 0 Å². The maximum absolute atomic E-state index is 12.9. The lowest BCUT2D eigenvalue weighted by Crippen LogP contribution is -2.43. The summed E-state index contributed by atoms with van der Waals surface area (Å²) in [6, 6.07) is 5.73. The first-order chi connectivity index (χ1) is 10.0. The number of halogens is 1. The van der Waals surface area contributed by atoms with Crippen LogP contribution in [0.1, 0.15) is 37.9 Å². The van der Waals surface area contributed by atoms with E-state index in [9.17, 15) is 14.3 Å². The Bertz CT molecular complexity index is 477. The summed E-state index contributed by atoms with van der Waals surface area (Å²) < 4.78 is 17.7. The van der Waals surface area contributed by atoms with Crippen molar-refractivity contribution in [2.75, 3.05) is 13.7 Å². The molecule has 0 saturated carbocycles. The third-order valence-corrected chi connectivity index (χ3v) is 4.21. The van der Waals surface area contributed by atoms with Gasteiger partial charge in [-0.05, 0) is 50.4 Å². The summed E-state index contributed by atoms with van der Waals surface area (Å²) in [7, 11) is 1.39. The molecule has 0 radical (unpaired) electrons. The molecule has 1 aliphatic rings. The molecule has 3 atom stereocenters. The van der Waals surface area contributed by atoms with E-state index in [-0.39, 0.29) is 23.9 Å². The Balaban J connectivity index is 2.00. The molecule has 116 valence electrons. The number of methoxy groups -OCH3 is 1. The Morgan fingerprint density at radius 1 is 1.48 bits per heavy atom. The molecule has 1 aromatic rings. The van der Waals surface area contributed by atoms with E-state index in [0.29, 0.717) is 12.0 Å². The molecule has 2 rings (SSSR count). The molecule has 0 amide bonds. The van der Waals surface area contributed by atoms with Gasteiger partial charge in [-0.1, -0.05) is 12.1 Å². The van der Waals surface area contributed by atoms with E-state index in [1.54, 1.807) is 12.1 Å². The van der Waals surface area contributed by atoms with Gasteiger partial charge in [0.15, 0.2) is 0 Å². The highest BCUT2D eigenvalue weighted by atomic mass is 19.1. The van der Waals surface area contributed by atoms with E-state index in [4.69, 9.17) is 4.74 Å². The monoisotopic (exact) mass is 295 g/mol. The molecule has 5 heteroatoms. The van der Waals surface area contributed by atoms with Crippen molar-refractivity contribution < 1.29 is 19.0 Å². The molecular weight excluding hydrogens is 273 g/mol. The zero-order valence-corrected chi connectivity index (χ0v) is 12.5. The number of carbonyl (C=O) groups is 1. The molecule has 1 aliphatic heterocycles. The summed E-state index contributed by atoms with van der Waals surface area (Å²) in [5.41, 5.74) is 0.703. The Morgan fingerprint density at radius 3 is 2.76 bits per heavy atom. The van der Waals surface area contributed by atoms with Crippen molar-refractivity contribution in [2.45, 2.75) is 44.4 Å². The van der Waals surface area contributed by atoms with Gasteiger partial charge < -0.3 is 9.84 Å². The van der Waals surface area contributed by atoms with Gasteiger partial charge in [-0.3, -0.25) is 9.69 Å². The van der Waals surface area contributed by atoms with E-state index in [1.807, 2.05) is 6.92 Å². The van der Waals surface area contributed by atoms with Gasteiger partial charge >= 0.3 is 5.97 Å². The van der Waals surface area contributed by atoms with Gasteiger partial charge in [0, 0.05) is 6.04 Å². The standard InChI is InChI=1S/C16H22FNO3/c1-11(16(20)21-2)18-9-3-4-14(18)10-15(19)12-5-7-13(17)8-6-12/h5-8,11,14-15,19H,3-4,9-10H2,1-2H3/t11-,14-,15-/m0/s1. The first-order valence-electron chi connectivity index (χ1n) is 7.30. The van der Waals surface area contributed by atoms with Crippen molar-refractivity contribution in [3.63, 3.8) is 0 Å². The van der Waals surface area contributed by atoms with Gasteiger partial charge in [-0.15, -0.1) is 0 Å². The van der Waals surface area contributed by atoms with Crippen molar-refractivity contribution in [3.8, 4) is 0 Å². The van der Waals surface area contributed by atoms with Gasteiger partial charge in [0.05, 0.1) is 13.2 Å². The fourth-order valence-corrected chi connectivity index (χ4v) is 3.01. The zero-order chi connectivity index (χ0) is 15.4. The number of carbonyl (C=O) groups excluding carboxylic acids is 1. The topological polar surface area (TPSA) is 49.8 Å². The first-order valence-corrected chi connectivity index (χ1v) is 7.30. The average molecular weight is 295 g/mol. The van der Waals surface area contributed by atoms with Crippen LogP contribution in [0.4, 0.5) is 4.39 Å². The second-order valence-corrected chi connectivity index (χ2v) is 5.54. The predicted molar refractivity (Wildman–Crippen MR) is 77.2 cm³/mol. The first kappa shape index (κ1) is 15.9. The van der Waals surface area contributed by atoms with Crippen LogP contribution in [-0.2, 0) is 9.53 Å². The van der Waals surface area contributed by atoms with Crippen LogP contribution >= 0.6 is 0 Å². The van der Waals surface area contributed by atoms with Crippen LogP contribution in [-0.4, -0.2) is 41.7 Å². The molecule has 0 aromatic heterocycles. The maximum Gasteiger partial charge on any atom is 0.322 e. The normalized spacial score (nSPS) is 22.0. The molecule has 1 saturated heterocycles. The SMILES string of the molecule is COC(=O)[C@H](C)N1CCC[C@H]1C[C@H](O)c1ccc(F)cc1. The number of ether oxygens (including phenoxy) is 1. The minimum atomic E-state index is -0.652. The summed E-state index contributed by atoms with van der Waals surface area (Å²) in [4.78, 5) is 13.8. The third-order valence-electron chi connectivity index (χ3n) is 4.21. The van der Waals surface area contributed by atoms with Crippen LogP contribution in [0.2, 0.25) is 0 Å². The van der Waals surface area contributed by atoms with Crippen LogP contribution in [0.3, 0.4) is 0 Å². The van der Waals surface area contributed by atoms with Gasteiger partial charge in [0.25, 0.3) is 0 Å². The van der Waals surface area contributed by atoms with Gasteiger partial charge in [-0.2, -0.15) is 0 Å². The maximum atomic E-state index is 12.9. The van der Waals surface area contributed by atoms with Crippen LogP contribution in [0.15, 0.2) is 24.3 Å². The van der Waals surface area contributed by atoms with Gasteiger partial charge in [0.1, 0.15) is 11.9 Å². The number of rotatable bonds is 5. The van der Waals surface area contributed by atoms with E-state index >= 15 is 0 Å². The average Bonchev–Trinajstić information content (AvgIpc) is 2.94. The summed E-state index contributed by atoms with van der Waals surface area (Å²) in [5.74, 6) is -0.564. The Morgan fingerprint density at radius 2 is 2.14 bits per heavy atom. The summed E-state index contributed by atoms with van der Waals surface area (Å²) in [6.45, 7) is 2.66. The van der Waals surface area contributed by atoms with Crippen molar-refractivity contribution >= 4 is 5.97 Å². The molecule has 1 heterocycles. The highest BCUT2D eigenvalue weighted by Crippen LogP contribution is 2.29. The van der Waals surface area contributed by atoms with Crippen molar-refractivity contribution in [3.05, 3.63) is 35.6 Å². The fraction of sp³-hybridized carbons (Fsp3) is 0.562. The van der Waals surface area contributed by atoms with E-state index < -0.39 is 6.10 Å². The fourth-order valence-electron chi connectivity index (χ4n) is 3.01. The summed E-state index contributed by atoms with van der Waals surface area (Å²) >= 11 is 0. The number of nitrogens with zero attached hydrogens (tertiary/aromatic N) is 1. The number of aliphatic hydroxyl groups is 1. The molecule has 1 N–H and O–H groups in total. The van der Waals surface area contributed by atoms with E-state index in [2.05, 4.69) is 4.90 Å². The van der Waals surface area contributed by atoms with E-state index in [0.717, 1.165) is 19.4 Å². The number of likely N-dealkylation sites (tertiary alicyclic amines) is 1.